The number of carboxylic acid groups (broad SMARTS) is 2. The molecule has 0 aliphatic heterocycles. The Morgan fingerprint density at radius 1 is 1.07 bits per heavy atom. The van der Waals surface area contributed by atoms with Crippen LogP contribution in [0.3, 0.4) is 0 Å². The van der Waals surface area contributed by atoms with Crippen LogP contribution in [-0.4, -0.2) is 37.1 Å². The van der Waals surface area contributed by atoms with E-state index >= 15 is 0 Å². The third kappa shape index (κ3) is 2.86. The highest BCUT2D eigenvalue weighted by Gasteiger charge is 2.36. The maximum Gasteiger partial charge on any atom is 0.449 e. The molecule has 0 saturated heterocycles. The maximum atomic E-state index is 12.9. The number of aromatic carboxylic acids is 2. The molecule has 0 atom stereocenters. The summed E-state index contributed by atoms with van der Waals surface area (Å²) < 4.78 is 38.8. The van der Waals surface area contributed by atoms with Gasteiger partial charge in [0.1, 0.15) is 16.9 Å². The van der Waals surface area contributed by atoms with E-state index in [1.54, 1.807) is 0 Å². The number of H-pyrrole nitrogens is 2. The molecule has 0 unspecified atom stereocenters. The van der Waals surface area contributed by atoms with Crippen LogP contribution in [0.4, 0.5) is 19.0 Å². The van der Waals surface area contributed by atoms with Crippen molar-refractivity contribution in [3.05, 3.63) is 45.5 Å². The van der Waals surface area contributed by atoms with Crippen molar-refractivity contribution in [3.8, 4) is 11.1 Å². The smallest absolute Gasteiger partial charge is 0.449 e. The predicted octanol–water partition coefficient (Wildman–Crippen LogP) is 1.92. The number of aromatic amines is 2. The average Bonchev–Trinajstić information content (AvgIpc) is 2.97. The molecule has 140 valence electrons. The number of nitrogens with one attached hydrogen (secondary N) is 2. The van der Waals surface area contributed by atoms with Gasteiger partial charge in [0.05, 0.1) is 11.0 Å². The summed E-state index contributed by atoms with van der Waals surface area (Å²) in [5, 5.41) is 18.8. The molecule has 1 aromatic carbocycles. The zero-order valence-corrected chi connectivity index (χ0v) is 13.0. The highest BCUT2D eigenvalue weighted by atomic mass is 19.4. The van der Waals surface area contributed by atoms with E-state index in [-0.39, 0.29) is 16.6 Å². The quantitative estimate of drug-likeness (QED) is 0.462. The number of nitrogens with two attached hydrogens (primary N) is 1. The van der Waals surface area contributed by atoms with Crippen molar-refractivity contribution in [2.24, 2.45) is 0 Å². The number of imidazole rings is 1. The van der Waals surface area contributed by atoms with Crippen molar-refractivity contribution in [1.29, 1.82) is 0 Å². The van der Waals surface area contributed by atoms with Crippen LogP contribution < -0.4 is 11.3 Å². The van der Waals surface area contributed by atoms with Crippen molar-refractivity contribution in [1.82, 2.24) is 15.0 Å². The van der Waals surface area contributed by atoms with Crippen LogP contribution in [0.2, 0.25) is 0 Å². The van der Waals surface area contributed by atoms with Gasteiger partial charge < -0.3 is 25.9 Å². The lowest BCUT2D eigenvalue weighted by atomic mass is 9.94. The Balaban J connectivity index is 2.51. The number of benzene rings is 1. The van der Waals surface area contributed by atoms with E-state index in [1.165, 1.54) is 12.1 Å². The number of nitrogen functional groups attached to an aromatic ring is 1. The second-order valence-electron chi connectivity index (χ2n) is 5.39. The van der Waals surface area contributed by atoms with Crippen LogP contribution in [-0.2, 0) is 6.18 Å². The zero-order chi connectivity index (χ0) is 20.1. The van der Waals surface area contributed by atoms with Gasteiger partial charge in [-0.05, 0) is 6.07 Å². The molecule has 6 N–H and O–H groups in total. The molecule has 0 radical (unpaired) electrons. The third-order valence-electron chi connectivity index (χ3n) is 3.72. The van der Waals surface area contributed by atoms with E-state index in [0.29, 0.717) is 0 Å². The first-order chi connectivity index (χ1) is 12.5. The number of aromatic nitrogens is 3. The number of hydrogen-bond donors (Lipinski definition) is 5. The number of carboxylic acids is 2. The van der Waals surface area contributed by atoms with Crippen molar-refractivity contribution < 1.29 is 33.0 Å². The lowest BCUT2D eigenvalue weighted by Crippen LogP contribution is -2.24. The molecule has 3 rings (SSSR count). The molecule has 9 nitrogen and oxygen atoms in total. The number of halogens is 3. The van der Waals surface area contributed by atoms with Crippen molar-refractivity contribution in [3.63, 3.8) is 0 Å². The van der Waals surface area contributed by atoms with Gasteiger partial charge in [-0.25, -0.2) is 14.6 Å². The number of nitrogens with zero attached hydrogens (tertiary/aromatic N) is 1. The largest absolute Gasteiger partial charge is 0.478 e. The minimum Gasteiger partial charge on any atom is -0.478 e. The van der Waals surface area contributed by atoms with Crippen LogP contribution in [0.5, 0.6) is 0 Å². The normalized spacial score (nSPS) is 11.7. The minimum atomic E-state index is -4.82. The summed E-state index contributed by atoms with van der Waals surface area (Å²) in [6.45, 7) is 0. The first kappa shape index (κ1) is 18.0. The van der Waals surface area contributed by atoms with Crippen LogP contribution >= 0.6 is 0 Å². The standard InChI is InChI=1S/C15H9F3N4O5/c16-15(17,18)14-20-5-3-1-2-4(9(5)21-14)6-7(12(24)25)10(19)22-11(23)8(6)13(26)27/h1-3H,(H,20,21)(H,24,25)(H,26,27)(H3,19,22,23). The Morgan fingerprint density at radius 3 is 2.26 bits per heavy atom. The van der Waals surface area contributed by atoms with E-state index in [1.807, 2.05) is 9.97 Å². The topological polar surface area (TPSA) is 162 Å². The van der Waals surface area contributed by atoms with Crippen LogP contribution in [0, 0.1) is 0 Å². The number of alkyl halides is 3. The monoisotopic (exact) mass is 382 g/mol. The van der Waals surface area contributed by atoms with Gasteiger partial charge in [-0.2, -0.15) is 13.2 Å². The van der Waals surface area contributed by atoms with E-state index < -0.39 is 52.0 Å². The van der Waals surface area contributed by atoms with Gasteiger partial charge >= 0.3 is 18.1 Å². The van der Waals surface area contributed by atoms with Crippen LogP contribution in [0.15, 0.2) is 23.0 Å². The van der Waals surface area contributed by atoms with Gasteiger partial charge in [-0.15, -0.1) is 0 Å². The van der Waals surface area contributed by atoms with Crippen molar-refractivity contribution in [2.75, 3.05) is 5.73 Å². The minimum absolute atomic E-state index is 0.133. The fourth-order valence-corrected chi connectivity index (χ4v) is 2.68. The first-order valence-corrected chi connectivity index (χ1v) is 7.11. The second kappa shape index (κ2) is 5.86. The van der Waals surface area contributed by atoms with Crippen molar-refractivity contribution >= 4 is 28.8 Å². The number of hydrogen-bond acceptors (Lipinski definition) is 5. The first-order valence-electron chi connectivity index (χ1n) is 7.11. The molecule has 0 spiro atoms. The van der Waals surface area contributed by atoms with Crippen LogP contribution in [0.25, 0.3) is 22.2 Å². The van der Waals surface area contributed by atoms with Gasteiger partial charge in [0.2, 0.25) is 5.82 Å². The number of anilines is 1. The lowest BCUT2D eigenvalue weighted by molar-refractivity contribution is -0.144. The van der Waals surface area contributed by atoms with Gasteiger partial charge in [0.25, 0.3) is 5.56 Å². The summed E-state index contributed by atoms with van der Waals surface area (Å²) in [5.74, 6) is -5.46. The summed E-state index contributed by atoms with van der Waals surface area (Å²) in [6, 6.07) is 3.64. The summed E-state index contributed by atoms with van der Waals surface area (Å²) in [5.41, 5.74) is 1.13. The molecular formula is C15H9F3N4O5. The number of fused-ring (bicyclic) bond motifs is 1. The fourth-order valence-electron chi connectivity index (χ4n) is 2.68. The van der Waals surface area contributed by atoms with Crippen molar-refractivity contribution in [2.45, 2.75) is 6.18 Å². The molecule has 0 amide bonds. The summed E-state index contributed by atoms with van der Waals surface area (Å²) in [6.07, 6.45) is -4.82. The summed E-state index contributed by atoms with van der Waals surface area (Å²) >= 11 is 0. The van der Waals surface area contributed by atoms with E-state index in [0.717, 1.165) is 6.07 Å². The predicted molar refractivity (Wildman–Crippen MR) is 85.5 cm³/mol. The molecule has 2 aromatic heterocycles. The van der Waals surface area contributed by atoms with E-state index in [9.17, 15) is 37.8 Å². The molecule has 0 saturated carbocycles. The third-order valence-corrected chi connectivity index (χ3v) is 3.72. The fraction of sp³-hybridized carbons (Fsp3) is 0.0667. The van der Waals surface area contributed by atoms with Crippen LogP contribution in [0.1, 0.15) is 26.5 Å². The van der Waals surface area contributed by atoms with Gasteiger partial charge in [0, 0.05) is 11.1 Å². The Hall–Kier alpha value is -3.83. The second-order valence-corrected chi connectivity index (χ2v) is 5.39. The number of rotatable bonds is 3. The number of pyridine rings is 1. The highest BCUT2D eigenvalue weighted by Crippen LogP contribution is 2.36. The molecule has 27 heavy (non-hydrogen) atoms. The Kier molecular flexibility index (Phi) is 3.90. The SMILES string of the molecule is Nc1[nH]c(=O)c(C(=O)O)c(-c2cccc3[nH]c(C(F)(F)F)nc23)c1C(=O)O. The average molecular weight is 382 g/mol. The number of para-hydroxylation sites is 1. The van der Waals surface area contributed by atoms with E-state index in [2.05, 4.69) is 4.98 Å². The van der Waals surface area contributed by atoms with Gasteiger partial charge in [0.15, 0.2) is 0 Å². The molecule has 3 aromatic rings. The van der Waals surface area contributed by atoms with E-state index in [4.69, 9.17) is 5.73 Å². The zero-order valence-electron chi connectivity index (χ0n) is 13.0. The molecule has 0 aliphatic rings. The maximum absolute atomic E-state index is 12.9. The Labute approximate surface area is 146 Å². The molecular weight excluding hydrogens is 373 g/mol. The lowest BCUT2D eigenvalue weighted by Gasteiger charge is -2.12. The Morgan fingerprint density at radius 2 is 1.70 bits per heavy atom. The van der Waals surface area contributed by atoms with Gasteiger partial charge in [-0.3, -0.25) is 4.79 Å². The highest BCUT2D eigenvalue weighted by molar-refractivity contribution is 6.10. The molecule has 2 heterocycles. The molecule has 0 bridgehead atoms. The molecule has 12 heteroatoms. The number of carbonyl (C=O) groups is 2. The summed E-state index contributed by atoms with van der Waals surface area (Å²) in [4.78, 5) is 42.5. The Bertz CT molecular complexity index is 1160. The molecule has 0 fully saturated rings. The molecule has 0 aliphatic carbocycles. The summed E-state index contributed by atoms with van der Waals surface area (Å²) in [7, 11) is 0. The van der Waals surface area contributed by atoms with Gasteiger partial charge in [-0.1, -0.05) is 12.1 Å².